The van der Waals surface area contributed by atoms with Gasteiger partial charge in [-0.25, -0.2) is 0 Å². The van der Waals surface area contributed by atoms with Crippen molar-refractivity contribution in [2.24, 2.45) is 5.41 Å². The normalized spacial score (nSPS) is 10.6. The largest absolute Gasteiger partial charge is 0.334 e. The predicted molar refractivity (Wildman–Crippen MR) is 108 cm³/mol. The van der Waals surface area contributed by atoms with Crippen LogP contribution in [0.3, 0.4) is 0 Å². The molecule has 6 nitrogen and oxygen atoms in total. The first kappa shape index (κ1) is 21.0. The highest BCUT2D eigenvalue weighted by atomic mass is 16.5. The van der Waals surface area contributed by atoms with Crippen molar-refractivity contribution in [3.63, 3.8) is 0 Å². The molecule has 1 heterocycles. The number of imide groups is 1. The molecule has 1 N–H and O–H groups in total. The maximum atomic E-state index is 12.3. The van der Waals surface area contributed by atoms with Crippen molar-refractivity contribution in [3.05, 3.63) is 60.2 Å². The highest BCUT2D eigenvalue weighted by Crippen LogP contribution is 2.22. The van der Waals surface area contributed by atoms with E-state index in [-0.39, 0.29) is 5.91 Å². The van der Waals surface area contributed by atoms with Crippen molar-refractivity contribution in [1.82, 2.24) is 15.5 Å². The minimum absolute atomic E-state index is 0.334. The lowest BCUT2D eigenvalue weighted by molar-refractivity contribution is -0.127. The van der Waals surface area contributed by atoms with Gasteiger partial charge in [-0.3, -0.25) is 14.9 Å². The number of amides is 2. The molecule has 0 spiro atoms. The highest BCUT2D eigenvalue weighted by molar-refractivity contribution is 6.06. The number of hydrogen-bond donors (Lipinski definition) is 1. The van der Waals surface area contributed by atoms with Crippen LogP contribution in [0.4, 0.5) is 0 Å². The average molecular weight is 379 g/mol. The Morgan fingerprint density at radius 2 is 1.57 bits per heavy atom. The summed E-state index contributed by atoms with van der Waals surface area (Å²) in [6, 6.07) is 16.2. The number of nitrogens with one attached hydrogen (secondary N) is 1. The second-order valence-electron chi connectivity index (χ2n) is 6.90. The van der Waals surface area contributed by atoms with E-state index in [0.29, 0.717) is 22.8 Å². The van der Waals surface area contributed by atoms with Gasteiger partial charge in [0.15, 0.2) is 0 Å². The van der Waals surface area contributed by atoms with Crippen LogP contribution in [-0.2, 0) is 4.79 Å². The van der Waals surface area contributed by atoms with Crippen LogP contribution in [0.25, 0.3) is 22.8 Å². The Kier molecular flexibility index (Phi) is 6.82. The molecule has 2 aromatic carbocycles. The standard InChI is InChI=1S/C20H19N3O3.C2H6/c1-20(2,3)19(25)22-17(24)15-11-7-10-14(12-15)16-21-18(26-23-16)13-8-5-4-6-9-13;1-2/h4-12H,1-3H3,(H,22,24,25);1-2H3. The van der Waals surface area contributed by atoms with Gasteiger partial charge in [-0.2, -0.15) is 4.98 Å². The van der Waals surface area contributed by atoms with Crippen LogP contribution in [0.15, 0.2) is 59.1 Å². The third-order valence-corrected chi connectivity index (χ3v) is 3.74. The fourth-order valence-corrected chi connectivity index (χ4v) is 2.20. The van der Waals surface area contributed by atoms with Crippen LogP contribution in [0, 0.1) is 5.41 Å². The SMILES string of the molecule is CC.CC(C)(C)C(=O)NC(=O)c1cccc(-c2noc(-c3ccccc3)n2)c1. The molecule has 0 aliphatic heterocycles. The monoisotopic (exact) mass is 379 g/mol. The second kappa shape index (κ2) is 9.08. The minimum Gasteiger partial charge on any atom is -0.334 e. The lowest BCUT2D eigenvalue weighted by Gasteiger charge is -2.16. The summed E-state index contributed by atoms with van der Waals surface area (Å²) in [4.78, 5) is 28.7. The Labute approximate surface area is 165 Å². The van der Waals surface area contributed by atoms with Crippen LogP contribution in [-0.4, -0.2) is 22.0 Å². The molecule has 0 unspecified atom stereocenters. The van der Waals surface area contributed by atoms with Crippen LogP contribution < -0.4 is 5.32 Å². The van der Waals surface area contributed by atoms with E-state index in [1.165, 1.54) is 0 Å². The molecule has 0 saturated carbocycles. The van der Waals surface area contributed by atoms with E-state index in [1.807, 2.05) is 44.2 Å². The van der Waals surface area contributed by atoms with Crippen molar-refractivity contribution in [2.45, 2.75) is 34.6 Å². The number of carbonyl (C=O) groups excluding carboxylic acids is 2. The summed E-state index contributed by atoms with van der Waals surface area (Å²) in [5.41, 5.74) is 1.15. The summed E-state index contributed by atoms with van der Waals surface area (Å²) in [5.74, 6) is -0.0172. The molecule has 6 heteroatoms. The second-order valence-corrected chi connectivity index (χ2v) is 6.90. The number of aromatic nitrogens is 2. The van der Waals surface area contributed by atoms with Crippen molar-refractivity contribution >= 4 is 11.8 Å². The molecule has 1 aromatic heterocycles. The highest BCUT2D eigenvalue weighted by Gasteiger charge is 2.24. The van der Waals surface area contributed by atoms with Gasteiger partial charge in [0.05, 0.1) is 0 Å². The van der Waals surface area contributed by atoms with Crippen molar-refractivity contribution in [2.75, 3.05) is 0 Å². The molecular formula is C22H25N3O3. The number of benzene rings is 2. The summed E-state index contributed by atoms with van der Waals surface area (Å²) in [5, 5.41) is 6.38. The zero-order valence-corrected chi connectivity index (χ0v) is 16.8. The van der Waals surface area contributed by atoms with Crippen LogP contribution >= 0.6 is 0 Å². The van der Waals surface area contributed by atoms with Crippen LogP contribution in [0.5, 0.6) is 0 Å². The first-order chi connectivity index (χ1) is 13.3. The topological polar surface area (TPSA) is 85.1 Å². The molecule has 0 saturated heterocycles. The third-order valence-electron chi connectivity index (χ3n) is 3.74. The molecule has 2 amide bonds. The smallest absolute Gasteiger partial charge is 0.258 e. The first-order valence-electron chi connectivity index (χ1n) is 9.20. The fraction of sp³-hybridized carbons (Fsp3) is 0.273. The van der Waals surface area contributed by atoms with E-state index in [1.54, 1.807) is 45.0 Å². The average Bonchev–Trinajstić information content (AvgIpc) is 3.20. The Hall–Kier alpha value is -3.28. The molecule has 0 bridgehead atoms. The Balaban J connectivity index is 0.00000136. The molecule has 0 aliphatic rings. The molecule has 3 rings (SSSR count). The van der Waals surface area contributed by atoms with E-state index < -0.39 is 11.3 Å². The van der Waals surface area contributed by atoms with Gasteiger partial charge >= 0.3 is 0 Å². The quantitative estimate of drug-likeness (QED) is 0.711. The van der Waals surface area contributed by atoms with Gasteiger partial charge < -0.3 is 4.52 Å². The summed E-state index contributed by atoms with van der Waals surface area (Å²) in [7, 11) is 0. The van der Waals surface area contributed by atoms with Gasteiger partial charge in [0, 0.05) is 22.1 Å². The number of rotatable bonds is 3. The van der Waals surface area contributed by atoms with Gasteiger partial charge in [0.2, 0.25) is 11.7 Å². The maximum Gasteiger partial charge on any atom is 0.258 e. The molecular weight excluding hydrogens is 354 g/mol. The van der Waals surface area contributed by atoms with Gasteiger partial charge in [-0.15, -0.1) is 0 Å². The summed E-state index contributed by atoms with van der Waals surface area (Å²) in [6.45, 7) is 9.24. The molecule has 0 fully saturated rings. The predicted octanol–water partition coefficient (Wildman–Crippen LogP) is 4.73. The molecule has 146 valence electrons. The lowest BCUT2D eigenvalue weighted by Crippen LogP contribution is -2.38. The first-order valence-corrected chi connectivity index (χ1v) is 9.20. The molecule has 0 aliphatic carbocycles. The summed E-state index contributed by atoms with van der Waals surface area (Å²) >= 11 is 0. The summed E-state index contributed by atoms with van der Waals surface area (Å²) < 4.78 is 5.30. The van der Waals surface area contributed by atoms with Crippen molar-refractivity contribution in [3.8, 4) is 22.8 Å². The van der Waals surface area contributed by atoms with Crippen molar-refractivity contribution < 1.29 is 14.1 Å². The van der Waals surface area contributed by atoms with Gasteiger partial charge in [0.25, 0.3) is 11.8 Å². The molecule has 28 heavy (non-hydrogen) atoms. The van der Waals surface area contributed by atoms with E-state index in [4.69, 9.17) is 4.52 Å². The summed E-state index contributed by atoms with van der Waals surface area (Å²) in [6.07, 6.45) is 0. The van der Waals surface area contributed by atoms with E-state index in [9.17, 15) is 9.59 Å². The van der Waals surface area contributed by atoms with Crippen molar-refractivity contribution in [1.29, 1.82) is 0 Å². The molecule has 0 atom stereocenters. The van der Waals surface area contributed by atoms with Gasteiger partial charge in [-0.1, -0.05) is 70.1 Å². The van der Waals surface area contributed by atoms with E-state index in [2.05, 4.69) is 15.5 Å². The number of nitrogens with zero attached hydrogens (tertiary/aromatic N) is 2. The molecule has 0 radical (unpaired) electrons. The Morgan fingerprint density at radius 3 is 2.21 bits per heavy atom. The minimum atomic E-state index is -0.647. The zero-order chi connectivity index (χ0) is 20.7. The zero-order valence-electron chi connectivity index (χ0n) is 16.8. The Morgan fingerprint density at radius 1 is 0.929 bits per heavy atom. The lowest BCUT2D eigenvalue weighted by atomic mass is 9.95. The van der Waals surface area contributed by atoms with Crippen LogP contribution in [0.2, 0.25) is 0 Å². The number of carbonyl (C=O) groups is 2. The van der Waals surface area contributed by atoms with Gasteiger partial charge in [-0.05, 0) is 24.3 Å². The third kappa shape index (κ3) is 5.13. The number of hydrogen-bond acceptors (Lipinski definition) is 5. The van der Waals surface area contributed by atoms with Gasteiger partial charge in [0.1, 0.15) is 0 Å². The van der Waals surface area contributed by atoms with E-state index >= 15 is 0 Å². The fourth-order valence-electron chi connectivity index (χ4n) is 2.20. The Bertz CT molecular complexity index is 941. The molecule has 3 aromatic rings. The van der Waals surface area contributed by atoms with E-state index in [0.717, 1.165) is 5.56 Å². The maximum absolute atomic E-state index is 12.3. The van der Waals surface area contributed by atoms with Crippen LogP contribution in [0.1, 0.15) is 45.0 Å².